The van der Waals surface area contributed by atoms with Crippen molar-refractivity contribution in [1.29, 1.82) is 0 Å². The number of carboxylic acid groups (broad SMARTS) is 1. The molecule has 0 aliphatic rings. The molecule has 0 unspecified atom stereocenters. The van der Waals surface area contributed by atoms with Crippen LogP contribution >= 0.6 is 0 Å². The van der Waals surface area contributed by atoms with Gasteiger partial charge < -0.3 is 10.1 Å². The van der Waals surface area contributed by atoms with Crippen LogP contribution < -0.4 is 0 Å². The molecule has 0 aromatic carbocycles. The van der Waals surface area contributed by atoms with Crippen LogP contribution in [0.1, 0.15) is 17.7 Å². The lowest BCUT2D eigenvalue weighted by atomic mass is 10.0. The summed E-state index contributed by atoms with van der Waals surface area (Å²) in [5.74, 6) is -0.791. The zero-order chi connectivity index (χ0) is 11.5. The van der Waals surface area contributed by atoms with E-state index in [4.69, 9.17) is 5.11 Å². The van der Waals surface area contributed by atoms with Crippen LogP contribution in [0, 0.1) is 6.92 Å². The highest BCUT2D eigenvalue weighted by Crippen LogP contribution is 2.24. The minimum absolute atomic E-state index is 0.123. The van der Waals surface area contributed by atoms with Crippen molar-refractivity contribution in [1.82, 2.24) is 15.2 Å². The van der Waals surface area contributed by atoms with E-state index >= 15 is 0 Å². The van der Waals surface area contributed by atoms with Gasteiger partial charge in [0, 0.05) is 35.6 Å². The minimum Gasteiger partial charge on any atom is -0.481 e. The number of H-pyrrole nitrogens is 2. The molecular weight excluding hydrogens is 206 g/mol. The minimum atomic E-state index is -0.791. The summed E-state index contributed by atoms with van der Waals surface area (Å²) in [6, 6.07) is 1.92. The highest BCUT2D eigenvalue weighted by molar-refractivity contribution is 5.69. The monoisotopic (exact) mass is 219 g/mol. The summed E-state index contributed by atoms with van der Waals surface area (Å²) in [6.07, 6.45) is 4.29. The molecule has 0 atom stereocenters. The number of hydrogen-bond donors (Lipinski definition) is 3. The van der Waals surface area contributed by atoms with Gasteiger partial charge in [0.05, 0.1) is 5.69 Å². The Morgan fingerprint density at radius 3 is 3.00 bits per heavy atom. The number of aromatic nitrogens is 3. The zero-order valence-electron chi connectivity index (χ0n) is 8.95. The van der Waals surface area contributed by atoms with Gasteiger partial charge in [-0.3, -0.25) is 9.89 Å². The largest absolute Gasteiger partial charge is 0.481 e. The Labute approximate surface area is 92.5 Å². The third kappa shape index (κ3) is 1.98. The second kappa shape index (κ2) is 4.22. The maximum Gasteiger partial charge on any atom is 0.303 e. The van der Waals surface area contributed by atoms with Crippen LogP contribution in [-0.2, 0) is 11.2 Å². The number of nitrogens with one attached hydrogen (secondary N) is 2. The topological polar surface area (TPSA) is 81.8 Å². The van der Waals surface area contributed by atoms with Crippen molar-refractivity contribution < 1.29 is 9.90 Å². The molecule has 0 amide bonds. The number of nitrogens with zero attached hydrogens (tertiary/aromatic N) is 1. The summed E-state index contributed by atoms with van der Waals surface area (Å²) in [4.78, 5) is 13.5. The predicted octanol–water partition coefficient (Wildman–Crippen LogP) is 1.73. The first kappa shape index (κ1) is 10.5. The SMILES string of the molecule is Cc1[nH]nc(-c2cc[nH]c2)c1CCC(=O)O. The molecule has 84 valence electrons. The van der Waals surface area contributed by atoms with Gasteiger partial charge in [0.1, 0.15) is 0 Å². The normalized spacial score (nSPS) is 10.6. The van der Waals surface area contributed by atoms with Crippen LogP contribution in [0.5, 0.6) is 0 Å². The molecule has 2 aromatic rings. The number of aromatic amines is 2. The molecule has 2 heterocycles. The molecular formula is C11H13N3O2. The van der Waals surface area contributed by atoms with Crippen molar-refractivity contribution in [3.05, 3.63) is 29.7 Å². The van der Waals surface area contributed by atoms with E-state index < -0.39 is 5.97 Å². The molecule has 0 saturated carbocycles. The molecule has 16 heavy (non-hydrogen) atoms. The summed E-state index contributed by atoms with van der Waals surface area (Å²) < 4.78 is 0. The highest BCUT2D eigenvalue weighted by atomic mass is 16.4. The van der Waals surface area contributed by atoms with Crippen LogP contribution in [0.15, 0.2) is 18.5 Å². The van der Waals surface area contributed by atoms with E-state index in [1.165, 1.54) is 0 Å². The maximum absolute atomic E-state index is 10.6. The second-order valence-electron chi connectivity index (χ2n) is 3.67. The molecule has 0 aliphatic carbocycles. The summed E-state index contributed by atoms with van der Waals surface area (Å²) in [5.41, 5.74) is 3.71. The number of hydrogen-bond acceptors (Lipinski definition) is 2. The average Bonchev–Trinajstić information content (AvgIpc) is 2.83. The van der Waals surface area contributed by atoms with E-state index in [0.717, 1.165) is 22.5 Å². The lowest BCUT2D eigenvalue weighted by Gasteiger charge is -1.99. The Morgan fingerprint density at radius 1 is 1.56 bits per heavy atom. The van der Waals surface area contributed by atoms with Crippen molar-refractivity contribution in [2.75, 3.05) is 0 Å². The van der Waals surface area contributed by atoms with Crippen molar-refractivity contribution in [2.45, 2.75) is 19.8 Å². The predicted molar refractivity (Wildman–Crippen MR) is 59.1 cm³/mol. The molecule has 2 aromatic heterocycles. The fraction of sp³-hybridized carbons (Fsp3) is 0.273. The molecule has 5 nitrogen and oxygen atoms in total. The molecule has 0 radical (unpaired) electrons. The highest BCUT2D eigenvalue weighted by Gasteiger charge is 2.13. The van der Waals surface area contributed by atoms with E-state index in [9.17, 15) is 4.79 Å². The third-order valence-corrected chi connectivity index (χ3v) is 2.53. The number of aryl methyl sites for hydroxylation is 1. The number of carboxylic acids is 1. The lowest BCUT2D eigenvalue weighted by Crippen LogP contribution is -1.98. The molecule has 0 bridgehead atoms. The zero-order valence-corrected chi connectivity index (χ0v) is 8.95. The van der Waals surface area contributed by atoms with Gasteiger partial charge in [-0.25, -0.2) is 0 Å². The quantitative estimate of drug-likeness (QED) is 0.732. The van der Waals surface area contributed by atoms with Crippen LogP contribution in [0.4, 0.5) is 0 Å². The van der Waals surface area contributed by atoms with Gasteiger partial charge in [0.2, 0.25) is 0 Å². The van der Waals surface area contributed by atoms with E-state index in [1.807, 2.05) is 25.4 Å². The van der Waals surface area contributed by atoms with Crippen LogP contribution in [0.2, 0.25) is 0 Å². The van der Waals surface area contributed by atoms with E-state index in [1.54, 1.807) is 0 Å². The van der Waals surface area contributed by atoms with Crippen molar-refractivity contribution >= 4 is 5.97 Å². The Morgan fingerprint density at radius 2 is 2.38 bits per heavy atom. The maximum atomic E-state index is 10.6. The van der Waals surface area contributed by atoms with Crippen LogP contribution in [-0.4, -0.2) is 26.3 Å². The standard InChI is InChI=1S/C11H13N3O2/c1-7-9(2-3-10(15)16)11(14-13-7)8-4-5-12-6-8/h4-6,12H,2-3H2,1H3,(H,13,14)(H,15,16). The molecule has 5 heteroatoms. The molecule has 0 saturated heterocycles. The Kier molecular flexibility index (Phi) is 2.76. The number of carbonyl (C=O) groups is 1. The van der Waals surface area contributed by atoms with E-state index in [2.05, 4.69) is 15.2 Å². The first-order valence-corrected chi connectivity index (χ1v) is 5.07. The number of aliphatic carboxylic acids is 1. The van der Waals surface area contributed by atoms with Crippen molar-refractivity contribution in [3.8, 4) is 11.3 Å². The second-order valence-corrected chi connectivity index (χ2v) is 3.67. The Hall–Kier alpha value is -2.04. The van der Waals surface area contributed by atoms with Crippen molar-refractivity contribution in [2.24, 2.45) is 0 Å². The van der Waals surface area contributed by atoms with Gasteiger partial charge in [-0.05, 0) is 19.4 Å². The van der Waals surface area contributed by atoms with Crippen molar-refractivity contribution in [3.63, 3.8) is 0 Å². The van der Waals surface area contributed by atoms with Crippen LogP contribution in [0.3, 0.4) is 0 Å². The van der Waals surface area contributed by atoms with Gasteiger partial charge in [0.15, 0.2) is 0 Å². The molecule has 3 N–H and O–H groups in total. The molecule has 0 fully saturated rings. The van der Waals surface area contributed by atoms with E-state index in [0.29, 0.717) is 6.42 Å². The molecule has 2 rings (SSSR count). The number of rotatable bonds is 4. The van der Waals surface area contributed by atoms with Gasteiger partial charge >= 0.3 is 5.97 Å². The summed E-state index contributed by atoms with van der Waals surface area (Å²) in [6.45, 7) is 1.90. The third-order valence-electron chi connectivity index (χ3n) is 2.53. The van der Waals surface area contributed by atoms with Gasteiger partial charge in [-0.2, -0.15) is 5.10 Å². The fourth-order valence-electron chi connectivity index (χ4n) is 1.70. The van der Waals surface area contributed by atoms with Gasteiger partial charge in [-0.1, -0.05) is 0 Å². The summed E-state index contributed by atoms with van der Waals surface area (Å²) in [7, 11) is 0. The lowest BCUT2D eigenvalue weighted by molar-refractivity contribution is -0.136. The summed E-state index contributed by atoms with van der Waals surface area (Å²) >= 11 is 0. The Bertz CT molecular complexity index is 485. The average molecular weight is 219 g/mol. The smallest absolute Gasteiger partial charge is 0.303 e. The van der Waals surface area contributed by atoms with Gasteiger partial charge in [0.25, 0.3) is 0 Å². The molecule has 0 aliphatic heterocycles. The first-order valence-electron chi connectivity index (χ1n) is 5.07. The Balaban J connectivity index is 2.29. The van der Waals surface area contributed by atoms with Crippen LogP contribution in [0.25, 0.3) is 11.3 Å². The van der Waals surface area contributed by atoms with E-state index in [-0.39, 0.29) is 6.42 Å². The van der Waals surface area contributed by atoms with Gasteiger partial charge in [-0.15, -0.1) is 0 Å². The fourth-order valence-corrected chi connectivity index (χ4v) is 1.70. The molecule has 0 spiro atoms. The first-order chi connectivity index (χ1) is 7.68. The summed E-state index contributed by atoms with van der Waals surface area (Å²) in [5, 5.41) is 15.8.